The number of hydrogen-bond donors (Lipinski definition) is 0. The van der Waals surface area contributed by atoms with Crippen molar-refractivity contribution in [2.75, 3.05) is 14.2 Å². The van der Waals surface area contributed by atoms with Gasteiger partial charge in [-0.15, -0.1) is 0 Å². The Hall–Kier alpha value is -1.68. The third-order valence-electron chi connectivity index (χ3n) is 4.18. The van der Waals surface area contributed by atoms with Gasteiger partial charge in [-0.3, -0.25) is 9.59 Å². The van der Waals surface area contributed by atoms with Crippen molar-refractivity contribution >= 4 is 11.8 Å². The zero-order chi connectivity index (χ0) is 19.5. The summed E-state index contributed by atoms with van der Waals surface area (Å²) in [5.74, 6) is 0.0580. The first kappa shape index (κ1) is 24.3. The van der Waals surface area contributed by atoms with Gasteiger partial charge in [-0.2, -0.15) is 0 Å². The third kappa shape index (κ3) is 15.8. The Morgan fingerprint density at radius 2 is 1.38 bits per heavy atom. The first-order valence-corrected chi connectivity index (χ1v) is 9.78. The van der Waals surface area contributed by atoms with Crippen molar-refractivity contribution in [2.24, 2.45) is 0 Å². The Balaban J connectivity index is 3.58. The van der Waals surface area contributed by atoms with Crippen molar-refractivity contribution in [1.82, 2.24) is 0 Å². The van der Waals surface area contributed by atoms with Crippen LogP contribution in [0.4, 0.5) is 0 Å². The standard InChI is InChI=1S/C22H36O4/c1-4-21(25-2)18-14-11-10-13-17-20(23)16-12-8-6-5-7-9-15-19-22(24)26-3/h10-11,13-14,17-18,21H,4-9,12,15-16,19H2,1-3H3. The lowest BCUT2D eigenvalue weighted by molar-refractivity contribution is -0.140. The van der Waals surface area contributed by atoms with Gasteiger partial charge in [-0.1, -0.05) is 69.4 Å². The predicted molar refractivity (Wildman–Crippen MR) is 107 cm³/mol. The van der Waals surface area contributed by atoms with E-state index in [9.17, 15) is 9.59 Å². The van der Waals surface area contributed by atoms with E-state index in [-0.39, 0.29) is 17.9 Å². The molecule has 4 heteroatoms. The van der Waals surface area contributed by atoms with Gasteiger partial charge in [0.2, 0.25) is 0 Å². The van der Waals surface area contributed by atoms with Gasteiger partial charge < -0.3 is 9.47 Å². The molecule has 0 saturated heterocycles. The van der Waals surface area contributed by atoms with Crippen molar-refractivity contribution < 1.29 is 19.1 Å². The molecule has 0 aliphatic rings. The summed E-state index contributed by atoms with van der Waals surface area (Å²) >= 11 is 0. The zero-order valence-electron chi connectivity index (χ0n) is 16.7. The smallest absolute Gasteiger partial charge is 0.305 e. The van der Waals surface area contributed by atoms with Gasteiger partial charge in [0.1, 0.15) is 0 Å². The number of rotatable bonds is 16. The van der Waals surface area contributed by atoms with E-state index in [1.165, 1.54) is 13.5 Å². The van der Waals surface area contributed by atoms with Crippen LogP contribution in [0.2, 0.25) is 0 Å². The highest BCUT2D eigenvalue weighted by Gasteiger charge is 2.00. The molecule has 0 bridgehead atoms. The quantitative estimate of drug-likeness (QED) is 0.161. The fraction of sp³-hybridized carbons (Fsp3) is 0.636. The largest absolute Gasteiger partial charge is 0.469 e. The minimum absolute atomic E-state index is 0.123. The van der Waals surface area contributed by atoms with Gasteiger partial charge in [0.15, 0.2) is 5.78 Å². The Labute approximate surface area is 159 Å². The lowest BCUT2D eigenvalue weighted by Gasteiger charge is -2.04. The molecule has 0 aromatic heterocycles. The number of ether oxygens (including phenoxy) is 2. The molecule has 0 heterocycles. The molecule has 0 saturated carbocycles. The van der Waals surface area contributed by atoms with Crippen molar-refractivity contribution in [2.45, 2.75) is 77.2 Å². The van der Waals surface area contributed by atoms with Crippen LogP contribution in [0.5, 0.6) is 0 Å². The second kappa shape index (κ2) is 18.1. The molecule has 0 aliphatic heterocycles. The maximum absolute atomic E-state index is 11.7. The van der Waals surface area contributed by atoms with E-state index >= 15 is 0 Å². The third-order valence-corrected chi connectivity index (χ3v) is 4.18. The van der Waals surface area contributed by atoms with Crippen molar-refractivity contribution in [3.63, 3.8) is 0 Å². The maximum Gasteiger partial charge on any atom is 0.305 e. The Bertz CT molecular complexity index is 445. The molecule has 0 amide bonds. The van der Waals surface area contributed by atoms with E-state index < -0.39 is 0 Å². The second-order valence-electron chi connectivity index (χ2n) is 6.33. The molecular formula is C22H36O4. The summed E-state index contributed by atoms with van der Waals surface area (Å²) in [6.07, 6.45) is 20.9. The lowest BCUT2D eigenvalue weighted by atomic mass is 10.1. The van der Waals surface area contributed by atoms with Crippen LogP contribution in [0, 0.1) is 0 Å². The molecule has 0 fully saturated rings. The van der Waals surface area contributed by atoms with Crippen molar-refractivity contribution in [1.29, 1.82) is 0 Å². The summed E-state index contributed by atoms with van der Waals surface area (Å²) in [5, 5.41) is 0. The van der Waals surface area contributed by atoms with Crippen LogP contribution < -0.4 is 0 Å². The summed E-state index contributed by atoms with van der Waals surface area (Å²) in [7, 11) is 3.13. The lowest BCUT2D eigenvalue weighted by Crippen LogP contribution is -2.03. The molecule has 148 valence electrons. The molecule has 0 radical (unpaired) electrons. The average molecular weight is 365 g/mol. The number of hydrogen-bond acceptors (Lipinski definition) is 4. The second-order valence-corrected chi connectivity index (χ2v) is 6.33. The van der Waals surface area contributed by atoms with E-state index in [0.717, 1.165) is 44.9 Å². The molecule has 1 atom stereocenters. The molecule has 0 aliphatic carbocycles. The summed E-state index contributed by atoms with van der Waals surface area (Å²) in [6, 6.07) is 0. The highest BCUT2D eigenvalue weighted by molar-refractivity contribution is 5.89. The van der Waals surface area contributed by atoms with E-state index in [4.69, 9.17) is 4.74 Å². The molecule has 4 nitrogen and oxygen atoms in total. The van der Waals surface area contributed by atoms with Crippen LogP contribution in [0.1, 0.15) is 71.1 Å². The number of carbonyl (C=O) groups is 2. The Morgan fingerprint density at radius 3 is 1.96 bits per heavy atom. The highest BCUT2D eigenvalue weighted by atomic mass is 16.5. The predicted octanol–water partition coefficient (Wildman–Crippen LogP) is 5.33. The number of ketones is 1. The molecule has 0 spiro atoms. The number of methoxy groups -OCH3 is 2. The first-order valence-electron chi connectivity index (χ1n) is 9.78. The number of unbranched alkanes of at least 4 members (excludes halogenated alkanes) is 6. The van der Waals surface area contributed by atoms with E-state index in [1.54, 1.807) is 19.3 Å². The van der Waals surface area contributed by atoms with Crippen LogP contribution in [-0.2, 0) is 19.1 Å². The monoisotopic (exact) mass is 364 g/mol. The summed E-state index contributed by atoms with van der Waals surface area (Å²) in [4.78, 5) is 22.7. The topological polar surface area (TPSA) is 52.6 Å². The molecular weight excluding hydrogens is 328 g/mol. The van der Waals surface area contributed by atoms with Gasteiger partial charge in [-0.05, 0) is 25.3 Å². The van der Waals surface area contributed by atoms with E-state index in [2.05, 4.69) is 11.7 Å². The number of carbonyl (C=O) groups excluding carboxylic acids is 2. The summed E-state index contributed by atoms with van der Waals surface area (Å²) < 4.78 is 9.85. The Kier molecular flexibility index (Phi) is 17.0. The first-order chi connectivity index (χ1) is 12.6. The zero-order valence-corrected chi connectivity index (χ0v) is 16.7. The highest BCUT2D eigenvalue weighted by Crippen LogP contribution is 2.10. The van der Waals surface area contributed by atoms with Gasteiger partial charge in [0.05, 0.1) is 13.2 Å². The molecule has 0 aromatic carbocycles. The average Bonchev–Trinajstić information content (AvgIpc) is 2.65. The van der Waals surface area contributed by atoms with Gasteiger partial charge in [-0.25, -0.2) is 0 Å². The van der Waals surface area contributed by atoms with Crippen LogP contribution in [0.25, 0.3) is 0 Å². The minimum atomic E-state index is -0.123. The number of allylic oxidation sites excluding steroid dienone is 5. The van der Waals surface area contributed by atoms with Crippen LogP contribution in [-0.4, -0.2) is 32.1 Å². The molecule has 0 aromatic rings. The van der Waals surface area contributed by atoms with Crippen LogP contribution in [0.3, 0.4) is 0 Å². The summed E-state index contributed by atoms with van der Waals surface area (Å²) in [6.45, 7) is 2.08. The van der Waals surface area contributed by atoms with Crippen LogP contribution >= 0.6 is 0 Å². The van der Waals surface area contributed by atoms with Gasteiger partial charge in [0, 0.05) is 20.0 Å². The van der Waals surface area contributed by atoms with E-state index in [1.807, 2.05) is 24.3 Å². The van der Waals surface area contributed by atoms with Gasteiger partial charge >= 0.3 is 5.97 Å². The SMILES string of the molecule is CCC(C=CC=CC=CC(=O)CCCCCCCCCC(=O)OC)OC. The Morgan fingerprint density at radius 1 is 0.808 bits per heavy atom. The molecule has 0 rings (SSSR count). The molecule has 1 unspecified atom stereocenters. The maximum atomic E-state index is 11.7. The summed E-state index contributed by atoms with van der Waals surface area (Å²) in [5.41, 5.74) is 0. The normalized spacial score (nSPS) is 13.0. The van der Waals surface area contributed by atoms with E-state index in [0.29, 0.717) is 12.8 Å². The molecule has 0 N–H and O–H groups in total. The van der Waals surface area contributed by atoms with Crippen LogP contribution in [0.15, 0.2) is 36.5 Å². The minimum Gasteiger partial charge on any atom is -0.469 e. The fourth-order valence-corrected chi connectivity index (χ4v) is 2.50. The van der Waals surface area contributed by atoms with Crippen molar-refractivity contribution in [3.8, 4) is 0 Å². The van der Waals surface area contributed by atoms with Crippen molar-refractivity contribution in [3.05, 3.63) is 36.5 Å². The molecule has 26 heavy (non-hydrogen) atoms. The fourth-order valence-electron chi connectivity index (χ4n) is 2.50. The number of esters is 1. The van der Waals surface area contributed by atoms with Gasteiger partial charge in [0.25, 0.3) is 0 Å².